The van der Waals surface area contributed by atoms with Crippen molar-refractivity contribution in [2.24, 2.45) is 4.99 Å². The SMILES string of the molecule is C=Cc1c(C(=C)C(=N)/N=C(/c2ccccc2)c2cc3ccccc3o2)oc2cc(-c3nc(-c4ccccc4)nc(-c4ccc5c(c4)sc4ccccc45)n3)ccc12. The van der Waals surface area contributed by atoms with Gasteiger partial charge in [-0.3, -0.25) is 5.41 Å². The second kappa shape index (κ2) is 13.9. The monoisotopic (exact) mass is 753 g/mol. The lowest BCUT2D eigenvalue weighted by Gasteiger charge is -2.08. The van der Waals surface area contributed by atoms with Crippen LogP contribution in [0.15, 0.2) is 179 Å². The summed E-state index contributed by atoms with van der Waals surface area (Å²) >= 11 is 1.76. The Kier molecular flexibility index (Phi) is 8.31. The van der Waals surface area contributed by atoms with Gasteiger partial charge in [0.1, 0.15) is 22.6 Å². The average Bonchev–Trinajstić information content (AvgIpc) is 3.98. The second-order valence-corrected chi connectivity index (χ2v) is 14.6. The Labute approximate surface area is 331 Å². The highest BCUT2D eigenvalue weighted by atomic mass is 32.1. The molecule has 0 amide bonds. The molecule has 0 aliphatic rings. The van der Waals surface area contributed by atoms with Gasteiger partial charge < -0.3 is 8.83 Å². The van der Waals surface area contributed by atoms with E-state index in [1.165, 1.54) is 20.2 Å². The van der Waals surface area contributed by atoms with Crippen molar-refractivity contribution in [2.75, 3.05) is 0 Å². The van der Waals surface area contributed by atoms with Gasteiger partial charge >= 0.3 is 0 Å². The zero-order chi connectivity index (χ0) is 38.5. The zero-order valence-corrected chi connectivity index (χ0v) is 31.3. The number of benzene rings is 6. The minimum atomic E-state index is -0.0677. The Bertz CT molecular complexity index is 3210. The number of rotatable bonds is 8. The predicted molar refractivity (Wildman–Crippen MR) is 234 cm³/mol. The van der Waals surface area contributed by atoms with E-state index in [2.05, 4.69) is 55.6 Å². The van der Waals surface area contributed by atoms with Crippen molar-refractivity contribution in [1.82, 2.24) is 15.0 Å². The topological polar surface area (TPSA) is 101 Å². The van der Waals surface area contributed by atoms with Gasteiger partial charge in [-0.2, -0.15) is 0 Å². The van der Waals surface area contributed by atoms with Crippen molar-refractivity contribution < 1.29 is 8.83 Å². The largest absolute Gasteiger partial charge is 0.455 e. The summed E-state index contributed by atoms with van der Waals surface area (Å²) in [6.45, 7) is 8.37. The summed E-state index contributed by atoms with van der Waals surface area (Å²) in [5, 5.41) is 13.4. The van der Waals surface area contributed by atoms with Gasteiger partial charge in [0.2, 0.25) is 0 Å². The Morgan fingerprint density at radius 3 is 1.98 bits per heavy atom. The molecule has 4 aromatic heterocycles. The Morgan fingerprint density at radius 2 is 1.23 bits per heavy atom. The summed E-state index contributed by atoms with van der Waals surface area (Å²) in [4.78, 5) is 19.8. The maximum atomic E-state index is 9.16. The number of para-hydroxylation sites is 1. The molecule has 0 aliphatic heterocycles. The van der Waals surface area contributed by atoms with E-state index in [-0.39, 0.29) is 5.84 Å². The number of hydrogen-bond donors (Lipinski definition) is 1. The van der Waals surface area contributed by atoms with Crippen LogP contribution in [0, 0.1) is 5.41 Å². The van der Waals surface area contributed by atoms with Gasteiger partial charge in [-0.25, -0.2) is 19.9 Å². The molecule has 6 aromatic carbocycles. The second-order valence-electron chi connectivity index (χ2n) is 13.5. The first-order chi connectivity index (χ1) is 28.0. The van der Waals surface area contributed by atoms with E-state index < -0.39 is 0 Å². The number of hydrogen-bond acceptors (Lipinski definition) is 7. The third-order valence-corrected chi connectivity index (χ3v) is 11.1. The maximum Gasteiger partial charge on any atom is 0.164 e. The van der Waals surface area contributed by atoms with Gasteiger partial charge in [0.15, 0.2) is 29.1 Å². The molecule has 0 unspecified atom stereocenters. The summed E-state index contributed by atoms with van der Waals surface area (Å²) < 4.78 is 15.1. The number of thiophene rings is 1. The molecule has 0 aliphatic carbocycles. The number of fused-ring (bicyclic) bond motifs is 5. The van der Waals surface area contributed by atoms with Gasteiger partial charge in [-0.15, -0.1) is 11.3 Å². The number of nitrogens with zero attached hydrogens (tertiary/aromatic N) is 4. The van der Waals surface area contributed by atoms with Crippen molar-refractivity contribution >= 4 is 76.6 Å². The van der Waals surface area contributed by atoms with Crippen LogP contribution in [0.5, 0.6) is 0 Å². The number of nitrogens with one attached hydrogen (secondary N) is 1. The minimum Gasteiger partial charge on any atom is -0.455 e. The molecule has 0 bridgehead atoms. The fraction of sp³-hybridized carbons (Fsp3) is 0. The van der Waals surface area contributed by atoms with Crippen molar-refractivity contribution in [3.05, 3.63) is 187 Å². The molecule has 0 saturated carbocycles. The van der Waals surface area contributed by atoms with E-state index in [0.717, 1.165) is 38.6 Å². The molecular formula is C49H31N5O2S. The molecule has 0 saturated heterocycles. The zero-order valence-electron chi connectivity index (χ0n) is 30.4. The molecule has 7 nitrogen and oxygen atoms in total. The fourth-order valence-corrected chi connectivity index (χ4v) is 8.29. The fourth-order valence-electron chi connectivity index (χ4n) is 7.14. The smallest absolute Gasteiger partial charge is 0.164 e. The third-order valence-electron chi connectivity index (χ3n) is 9.98. The highest BCUT2D eigenvalue weighted by molar-refractivity contribution is 7.25. The van der Waals surface area contributed by atoms with E-state index >= 15 is 0 Å². The van der Waals surface area contributed by atoms with Gasteiger partial charge in [0.25, 0.3) is 0 Å². The van der Waals surface area contributed by atoms with Crippen LogP contribution in [0.25, 0.3) is 87.9 Å². The Hall–Kier alpha value is -7.55. The first-order valence-electron chi connectivity index (χ1n) is 18.3. The van der Waals surface area contributed by atoms with Gasteiger partial charge in [0, 0.05) is 58.8 Å². The van der Waals surface area contributed by atoms with E-state index in [1.54, 1.807) is 17.4 Å². The summed E-state index contributed by atoms with van der Waals surface area (Å²) in [5.74, 6) is 2.53. The summed E-state index contributed by atoms with van der Waals surface area (Å²) in [6, 6.07) is 50.0. The quantitative estimate of drug-likeness (QED) is 0.123. The molecule has 0 atom stereocenters. The van der Waals surface area contributed by atoms with Crippen LogP contribution < -0.4 is 0 Å². The summed E-state index contributed by atoms with van der Waals surface area (Å²) in [7, 11) is 0. The Balaban J connectivity index is 1.05. The van der Waals surface area contributed by atoms with Crippen molar-refractivity contribution in [2.45, 2.75) is 0 Å². The molecule has 0 fully saturated rings. The van der Waals surface area contributed by atoms with Gasteiger partial charge in [-0.05, 0) is 36.4 Å². The highest BCUT2D eigenvalue weighted by Gasteiger charge is 2.22. The predicted octanol–water partition coefficient (Wildman–Crippen LogP) is 12.9. The summed E-state index contributed by atoms with van der Waals surface area (Å²) in [5.41, 5.74) is 6.18. The lowest BCUT2D eigenvalue weighted by molar-refractivity contribution is 0.601. The normalized spacial score (nSPS) is 11.8. The first-order valence-corrected chi connectivity index (χ1v) is 19.2. The van der Waals surface area contributed by atoms with Gasteiger partial charge in [-0.1, -0.05) is 134 Å². The van der Waals surface area contributed by atoms with Crippen LogP contribution in [0.1, 0.15) is 22.6 Å². The molecule has 4 heterocycles. The lowest BCUT2D eigenvalue weighted by Crippen LogP contribution is -2.07. The van der Waals surface area contributed by atoms with Crippen LogP contribution >= 0.6 is 11.3 Å². The molecule has 8 heteroatoms. The first kappa shape index (κ1) is 34.0. The molecule has 0 radical (unpaired) electrons. The van der Waals surface area contributed by atoms with Crippen molar-refractivity contribution in [3.63, 3.8) is 0 Å². The van der Waals surface area contributed by atoms with E-state index in [0.29, 0.717) is 51.4 Å². The molecule has 57 heavy (non-hydrogen) atoms. The number of amidine groups is 1. The molecule has 10 aromatic rings. The van der Waals surface area contributed by atoms with Crippen LogP contribution in [0.2, 0.25) is 0 Å². The molecular weight excluding hydrogens is 723 g/mol. The van der Waals surface area contributed by atoms with Crippen LogP contribution in [-0.4, -0.2) is 26.5 Å². The third kappa shape index (κ3) is 6.14. The van der Waals surface area contributed by atoms with E-state index in [9.17, 15) is 0 Å². The number of furan rings is 2. The van der Waals surface area contributed by atoms with Crippen LogP contribution in [0.4, 0.5) is 0 Å². The number of aromatic nitrogens is 3. The number of aliphatic imine (C=N–C) groups is 1. The highest BCUT2D eigenvalue weighted by Crippen LogP contribution is 2.38. The maximum absolute atomic E-state index is 9.16. The standard InChI is InChI=1S/C49H31N5O2S/c1-3-35-36-24-22-33(27-40(36)56-45(35)29(2)46(50)51-44(30-14-6-4-7-15-30)41-26-32-18-10-12-20-39(32)55-41)48-52-47(31-16-8-5-9-17-31)53-49(54-48)34-23-25-38-37-19-11-13-21-42(37)57-43(38)28-34/h3-28,50H,1-2H2/b50-46?,51-44-. The molecule has 270 valence electrons. The molecule has 10 rings (SSSR count). The van der Waals surface area contributed by atoms with E-state index in [1.807, 2.05) is 109 Å². The molecule has 0 spiro atoms. The minimum absolute atomic E-state index is 0.0677. The van der Waals surface area contributed by atoms with Gasteiger partial charge in [0.05, 0.1) is 5.57 Å². The van der Waals surface area contributed by atoms with Crippen LogP contribution in [-0.2, 0) is 0 Å². The average molecular weight is 754 g/mol. The van der Waals surface area contributed by atoms with Crippen LogP contribution in [0.3, 0.4) is 0 Å². The lowest BCUT2D eigenvalue weighted by atomic mass is 10.0. The van der Waals surface area contributed by atoms with Crippen molar-refractivity contribution in [3.8, 4) is 34.2 Å². The van der Waals surface area contributed by atoms with E-state index in [4.69, 9.17) is 34.2 Å². The van der Waals surface area contributed by atoms with Crippen molar-refractivity contribution in [1.29, 1.82) is 5.41 Å². The summed E-state index contributed by atoms with van der Waals surface area (Å²) in [6.07, 6.45) is 1.72. The molecule has 1 N–H and O–H groups in total. The Morgan fingerprint density at radius 1 is 0.596 bits per heavy atom.